The van der Waals surface area contributed by atoms with E-state index in [4.69, 9.17) is 4.74 Å². The Hall–Kier alpha value is -1.43. The molecule has 21 heavy (non-hydrogen) atoms. The zero-order valence-electron chi connectivity index (χ0n) is 12.5. The van der Waals surface area contributed by atoms with Crippen molar-refractivity contribution < 1.29 is 14.6 Å². The van der Waals surface area contributed by atoms with Gasteiger partial charge in [0.05, 0.1) is 6.61 Å². The van der Waals surface area contributed by atoms with E-state index in [1.807, 2.05) is 35.2 Å². The fourth-order valence-corrected chi connectivity index (χ4v) is 2.49. The zero-order valence-corrected chi connectivity index (χ0v) is 12.5. The lowest BCUT2D eigenvalue weighted by molar-refractivity contribution is -0.130. The first-order valence-electron chi connectivity index (χ1n) is 7.47. The van der Waals surface area contributed by atoms with E-state index in [1.165, 1.54) is 0 Å². The van der Waals surface area contributed by atoms with Crippen LogP contribution in [0, 0.1) is 0 Å². The Kier molecular flexibility index (Phi) is 6.17. The van der Waals surface area contributed by atoms with Crippen molar-refractivity contribution >= 4 is 5.91 Å². The summed E-state index contributed by atoms with van der Waals surface area (Å²) in [4.78, 5) is 13.1. The summed E-state index contributed by atoms with van der Waals surface area (Å²) in [6.07, 6.45) is 1.03. The number of aliphatic hydroxyl groups excluding tert-OH is 1. The molecule has 1 heterocycles. The third-order valence-corrected chi connectivity index (χ3v) is 3.81. The minimum atomic E-state index is -0.809. The monoisotopic (exact) mass is 292 g/mol. The number of rotatable bonds is 6. The number of piperidine rings is 1. The number of ether oxygens (including phenoxy) is 1. The summed E-state index contributed by atoms with van der Waals surface area (Å²) in [5.41, 5.74) is 1.05. The van der Waals surface area contributed by atoms with Gasteiger partial charge in [-0.1, -0.05) is 30.3 Å². The maximum absolute atomic E-state index is 11.2. The molecule has 1 fully saturated rings. The molecule has 5 nitrogen and oxygen atoms in total. The molecule has 1 aliphatic heterocycles. The Bertz CT molecular complexity index is 430. The molecule has 0 aromatic heterocycles. The second-order valence-corrected chi connectivity index (χ2v) is 5.44. The van der Waals surface area contributed by atoms with Crippen molar-refractivity contribution in [1.29, 1.82) is 0 Å². The molecule has 1 aliphatic rings. The predicted molar refractivity (Wildman–Crippen MR) is 80.5 cm³/mol. The molecule has 1 saturated heterocycles. The molecule has 0 saturated carbocycles. The molecule has 2 rings (SSSR count). The summed E-state index contributed by atoms with van der Waals surface area (Å²) in [6.45, 7) is 4.00. The van der Waals surface area contributed by atoms with Crippen molar-refractivity contribution in [1.82, 2.24) is 10.2 Å². The zero-order chi connectivity index (χ0) is 15.1. The summed E-state index contributed by atoms with van der Waals surface area (Å²) in [5, 5.41) is 13.1. The molecule has 1 atom stereocenters. The van der Waals surface area contributed by atoms with Crippen molar-refractivity contribution in [3.8, 4) is 0 Å². The maximum Gasteiger partial charge on any atom is 0.219 e. The van der Waals surface area contributed by atoms with E-state index in [0.29, 0.717) is 19.2 Å². The third kappa shape index (κ3) is 5.46. The number of aliphatic hydroxyl groups is 1. The van der Waals surface area contributed by atoms with Crippen LogP contribution < -0.4 is 5.32 Å². The SMILES string of the molecule is CC(=O)N1CCC(NCC(O)OCc2ccccc2)CC1. The van der Waals surface area contributed by atoms with Crippen LogP contribution in [0.3, 0.4) is 0 Å². The lowest BCUT2D eigenvalue weighted by Crippen LogP contribution is -2.46. The quantitative estimate of drug-likeness (QED) is 0.771. The maximum atomic E-state index is 11.2. The van der Waals surface area contributed by atoms with Crippen molar-refractivity contribution in [3.63, 3.8) is 0 Å². The first kappa shape index (κ1) is 15.9. The second-order valence-electron chi connectivity index (χ2n) is 5.44. The van der Waals surface area contributed by atoms with Crippen molar-refractivity contribution in [2.75, 3.05) is 19.6 Å². The number of benzene rings is 1. The van der Waals surface area contributed by atoms with Gasteiger partial charge in [0.1, 0.15) is 0 Å². The van der Waals surface area contributed by atoms with E-state index < -0.39 is 6.29 Å². The van der Waals surface area contributed by atoms with Crippen LogP contribution in [0.2, 0.25) is 0 Å². The first-order chi connectivity index (χ1) is 10.1. The number of hydrogen-bond acceptors (Lipinski definition) is 4. The van der Waals surface area contributed by atoms with Crippen LogP contribution in [-0.2, 0) is 16.1 Å². The average Bonchev–Trinajstić information content (AvgIpc) is 2.52. The lowest BCUT2D eigenvalue weighted by atomic mass is 10.1. The van der Waals surface area contributed by atoms with Crippen LogP contribution >= 0.6 is 0 Å². The van der Waals surface area contributed by atoms with Crippen LogP contribution in [0.5, 0.6) is 0 Å². The number of amides is 1. The van der Waals surface area contributed by atoms with Gasteiger partial charge in [0.25, 0.3) is 0 Å². The van der Waals surface area contributed by atoms with E-state index in [9.17, 15) is 9.90 Å². The minimum absolute atomic E-state index is 0.139. The van der Waals surface area contributed by atoms with Crippen LogP contribution in [-0.4, -0.2) is 47.9 Å². The summed E-state index contributed by atoms with van der Waals surface area (Å²) in [6, 6.07) is 10.1. The lowest BCUT2D eigenvalue weighted by Gasteiger charge is -2.32. The van der Waals surface area contributed by atoms with Crippen LogP contribution in [0.25, 0.3) is 0 Å². The van der Waals surface area contributed by atoms with Gasteiger partial charge in [-0.15, -0.1) is 0 Å². The van der Waals surface area contributed by atoms with Crippen LogP contribution in [0.1, 0.15) is 25.3 Å². The molecule has 0 radical (unpaired) electrons. The molecule has 1 unspecified atom stereocenters. The van der Waals surface area contributed by atoms with Gasteiger partial charge in [0.2, 0.25) is 5.91 Å². The standard InChI is InChI=1S/C16H24N2O3/c1-13(19)18-9-7-15(8-10-18)17-11-16(20)21-12-14-5-3-2-4-6-14/h2-6,15-17,20H,7-12H2,1H3. The largest absolute Gasteiger partial charge is 0.367 e. The Morgan fingerprint density at radius 3 is 2.67 bits per heavy atom. The van der Waals surface area contributed by atoms with Gasteiger partial charge in [-0.2, -0.15) is 0 Å². The molecule has 0 aliphatic carbocycles. The predicted octanol–water partition coefficient (Wildman–Crippen LogP) is 1.12. The molecule has 1 aromatic carbocycles. The van der Waals surface area contributed by atoms with Gasteiger partial charge in [-0.25, -0.2) is 0 Å². The highest BCUT2D eigenvalue weighted by atomic mass is 16.6. The highest BCUT2D eigenvalue weighted by Gasteiger charge is 2.20. The normalized spacial score (nSPS) is 17.7. The van der Waals surface area contributed by atoms with Gasteiger partial charge >= 0.3 is 0 Å². The smallest absolute Gasteiger partial charge is 0.219 e. The van der Waals surface area contributed by atoms with Crippen molar-refractivity contribution in [2.45, 2.75) is 38.7 Å². The van der Waals surface area contributed by atoms with E-state index in [-0.39, 0.29) is 5.91 Å². The minimum Gasteiger partial charge on any atom is -0.367 e. The Morgan fingerprint density at radius 2 is 2.05 bits per heavy atom. The molecule has 2 N–H and O–H groups in total. The molecule has 116 valence electrons. The summed E-state index contributed by atoms with van der Waals surface area (Å²) < 4.78 is 5.41. The molecule has 1 aromatic rings. The molecule has 5 heteroatoms. The third-order valence-electron chi connectivity index (χ3n) is 3.81. The molecular weight excluding hydrogens is 268 g/mol. The number of nitrogens with zero attached hydrogens (tertiary/aromatic N) is 1. The second kappa shape index (κ2) is 8.12. The van der Waals surface area contributed by atoms with Gasteiger partial charge in [-0.05, 0) is 18.4 Å². The van der Waals surface area contributed by atoms with Crippen LogP contribution in [0.4, 0.5) is 0 Å². The summed E-state index contributed by atoms with van der Waals surface area (Å²) in [5.74, 6) is 0.139. The van der Waals surface area contributed by atoms with Crippen molar-refractivity contribution in [3.05, 3.63) is 35.9 Å². The van der Waals surface area contributed by atoms with Crippen molar-refractivity contribution in [2.24, 2.45) is 0 Å². The highest BCUT2D eigenvalue weighted by Crippen LogP contribution is 2.10. The number of carbonyl (C=O) groups is 1. The summed E-state index contributed by atoms with van der Waals surface area (Å²) in [7, 11) is 0. The van der Waals surface area contributed by atoms with E-state index in [1.54, 1.807) is 6.92 Å². The molecule has 0 spiro atoms. The average molecular weight is 292 g/mol. The first-order valence-corrected chi connectivity index (χ1v) is 7.47. The van der Waals surface area contributed by atoms with E-state index >= 15 is 0 Å². The topological polar surface area (TPSA) is 61.8 Å². The highest BCUT2D eigenvalue weighted by molar-refractivity contribution is 5.73. The van der Waals surface area contributed by atoms with Gasteiger partial charge in [0, 0.05) is 32.6 Å². The van der Waals surface area contributed by atoms with Gasteiger partial charge in [-0.3, -0.25) is 4.79 Å². The number of hydrogen-bond donors (Lipinski definition) is 2. The Balaban J connectivity index is 1.61. The fraction of sp³-hybridized carbons (Fsp3) is 0.562. The van der Waals surface area contributed by atoms with Crippen LogP contribution in [0.15, 0.2) is 30.3 Å². The number of likely N-dealkylation sites (tertiary alicyclic amines) is 1. The molecular formula is C16H24N2O3. The Labute approximate surface area is 125 Å². The number of carbonyl (C=O) groups excluding carboxylic acids is 1. The van der Waals surface area contributed by atoms with E-state index in [0.717, 1.165) is 31.5 Å². The van der Waals surface area contributed by atoms with Gasteiger partial charge < -0.3 is 20.1 Å². The summed E-state index contributed by atoms with van der Waals surface area (Å²) >= 11 is 0. The number of nitrogens with one attached hydrogen (secondary N) is 1. The van der Waals surface area contributed by atoms with E-state index in [2.05, 4.69) is 5.32 Å². The Morgan fingerprint density at radius 1 is 1.38 bits per heavy atom. The molecule has 0 bridgehead atoms. The fourth-order valence-electron chi connectivity index (χ4n) is 2.49. The molecule has 1 amide bonds. The van der Waals surface area contributed by atoms with Gasteiger partial charge in [0.15, 0.2) is 6.29 Å².